The van der Waals surface area contributed by atoms with Crippen LogP contribution in [0.3, 0.4) is 0 Å². The van der Waals surface area contributed by atoms with Crippen molar-refractivity contribution in [2.24, 2.45) is 11.7 Å². The molecule has 2 rings (SSSR count). The molecule has 0 spiro atoms. The molecule has 1 aliphatic rings. The first-order valence-electron chi connectivity index (χ1n) is 8.92. The Balaban J connectivity index is 1.93. The molecule has 6 N–H and O–H groups in total. The third-order valence-corrected chi connectivity index (χ3v) is 5.25. The predicted octanol–water partition coefficient (Wildman–Crippen LogP) is 1.62. The molecule has 148 valence electrons. The standard InChI is InChI=1S/C17H25BClN3O5/c19-13-3-5-14(6-4-13)21-16(25)22-10-7-12(11-22)17(20,15(23)24)8-1-2-9-18(26)27/h3-6,12,26-27H,1-2,7-11,20H2,(H,21,25)(H,23,24)/t12-,17?/m0/s1. The average Bonchev–Trinajstić information content (AvgIpc) is 3.11. The minimum Gasteiger partial charge on any atom is -0.480 e. The summed E-state index contributed by atoms with van der Waals surface area (Å²) in [6, 6.07) is 6.41. The zero-order chi connectivity index (χ0) is 20.0. The van der Waals surface area contributed by atoms with Gasteiger partial charge in [0.25, 0.3) is 0 Å². The second-order valence-corrected chi connectivity index (χ2v) is 7.38. The Hall–Kier alpha value is -1.81. The van der Waals surface area contributed by atoms with Gasteiger partial charge in [0.05, 0.1) is 0 Å². The van der Waals surface area contributed by atoms with Crippen LogP contribution in [-0.4, -0.2) is 57.8 Å². The zero-order valence-corrected chi connectivity index (χ0v) is 15.7. The van der Waals surface area contributed by atoms with Gasteiger partial charge in [0, 0.05) is 29.7 Å². The third-order valence-electron chi connectivity index (χ3n) is 5.00. The van der Waals surface area contributed by atoms with Crippen molar-refractivity contribution in [3.8, 4) is 0 Å². The van der Waals surface area contributed by atoms with Gasteiger partial charge in [0.2, 0.25) is 0 Å². The summed E-state index contributed by atoms with van der Waals surface area (Å²) in [5.74, 6) is -1.47. The van der Waals surface area contributed by atoms with Crippen molar-refractivity contribution in [3.63, 3.8) is 0 Å². The van der Waals surface area contributed by atoms with Crippen LogP contribution in [-0.2, 0) is 4.79 Å². The lowest BCUT2D eigenvalue weighted by molar-refractivity contribution is -0.145. The second kappa shape index (κ2) is 9.41. The molecule has 1 heterocycles. The number of urea groups is 1. The maximum absolute atomic E-state index is 12.4. The third kappa shape index (κ3) is 5.84. The van der Waals surface area contributed by atoms with Gasteiger partial charge in [-0.25, -0.2) is 4.79 Å². The molecule has 0 aromatic heterocycles. The highest BCUT2D eigenvalue weighted by atomic mass is 35.5. The van der Waals surface area contributed by atoms with E-state index in [-0.39, 0.29) is 31.2 Å². The average molecular weight is 398 g/mol. The molecule has 1 aromatic rings. The number of nitrogens with zero attached hydrogens (tertiary/aromatic N) is 1. The number of carboxylic acids is 1. The first-order chi connectivity index (χ1) is 12.7. The molecule has 0 saturated carbocycles. The molecule has 1 saturated heterocycles. The molecule has 27 heavy (non-hydrogen) atoms. The second-order valence-electron chi connectivity index (χ2n) is 6.94. The number of carbonyl (C=O) groups is 2. The van der Waals surface area contributed by atoms with Crippen LogP contribution in [0.2, 0.25) is 11.3 Å². The first-order valence-corrected chi connectivity index (χ1v) is 9.30. The van der Waals surface area contributed by atoms with Crippen LogP contribution >= 0.6 is 11.6 Å². The molecule has 8 nitrogen and oxygen atoms in total. The number of aliphatic carboxylic acids is 1. The van der Waals surface area contributed by atoms with E-state index in [4.69, 9.17) is 27.4 Å². The van der Waals surface area contributed by atoms with E-state index in [1.807, 2.05) is 0 Å². The first kappa shape index (κ1) is 21.5. The van der Waals surface area contributed by atoms with Crippen LogP contribution in [0.4, 0.5) is 10.5 Å². The number of nitrogens with two attached hydrogens (primary N) is 1. The molecule has 1 aromatic carbocycles. The number of unbranched alkanes of at least 4 members (excludes halogenated alkanes) is 1. The fourth-order valence-electron chi connectivity index (χ4n) is 3.33. The van der Waals surface area contributed by atoms with Crippen molar-refractivity contribution in [3.05, 3.63) is 29.3 Å². The number of carbonyl (C=O) groups excluding carboxylic acids is 1. The SMILES string of the molecule is NC(CCCCB(O)O)(C(=O)O)[C@H]1CCN(C(=O)Nc2ccc(Cl)cc2)C1. The quantitative estimate of drug-likeness (QED) is 0.334. The van der Waals surface area contributed by atoms with Crippen LogP contribution in [0.25, 0.3) is 0 Å². The number of hydrogen-bond donors (Lipinski definition) is 5. The molecule has 1 unspecified atom stereocenters. The van der Waals surface area contributed by atoms with E-state index >= 15 is 0 Å². The number of carboxylic acid groups (broad SMARTS) is 1. The largest absolute Gasteiger partial charge is 0.480 e. The molecule has 0 radical (unpaired) electrons. The van der Waals surface area contributed by atoms with Crippen LogP contribution in [0, 0.1) is 5.92 Å². The van der Waals surface area contributed by atoms with Gasteiger partial charge >= 0.3 is 19.1 Å². The number of halogens is 1. The van der Waals surface area contributed by atoms with Gasteiger partial charge in [0.15, 0.2) is 0 Å². The molecule has 0 aliphatic carbocycles. The van der Waals surface area contributed by atoms with Crippen molar-refractivity contribution < 1.29 is 24.7 Å². The molecular weight excluding hydrogens is 372 g/mol. The number of amides is 2. The Bertz CT molecular complexity index is 660. The number of benzene rings is 1. The van der Waals surface area contributed by atoms with Crippen LogP contribution in [0.1, 0.15) is 25.7 Å². The summed E-state index contributed by atoms with van der Waals surface area (Å²) >= 11 is 5.82. The lowest BCUT2D eigenvalue weighted by Gasteiger charge is -2.31. The van der Waals surface area contributed by atoms with E-state index in [1.165, 1.54) is 0 Å². The predicted molar refractivity (Wildman–Crippen MR) is 104 cm³/mol. The fourth-order valence-corrected chi connectivity index (χ4v) is 3.46. The minimum absolute atomic E-state index is 0.177. The maximum Gasteiger partial charge on any atom is 0.451 e. The highest BCUT2D eigenvalue weighted by molar-refractivity contribution is 6.40. The van der Waals surface area contributed by atoms with Crippen molar-refractivity contribution in [2.45, 2.75) is 37.5 Å². The molecule has 2 amide bonds. The van der Waals surface area contributed by atoms with Gasteiger partial charge in [0.1, 0.15) is 5.54 Å². The summed E-state index contributed by atoms with van der Waals surface area (Å²) in [6.07, 6.45) is 1.83. The number of likely N-dealkylation sites (tertiary alicyclic amines) is 1. The van der Waals surface area contributed by atoms with E-state index in [2.05, 4.69) is 5.32 Å². The van der Waals surface area contributed by atoms with Crippen molar-refractivity contribution in [1.82, 2.24) is 4.90 Å². The lowest BCUT2D eigenvalue weighted by atomic mass is 9.77. The Morgan fingerprint density at radius 2 is 1.96 bits per heavy atom. The molecular formula is C17H25BClN3O5. The van der Waals surface area contributed by atoms with E-state index in [0.717, 1.165) is 0 Å². The summed E-state index contributed by atoms with van der Waals surface area (Å²) in [7, 11) is -1.40. The highest BCUT2D eigenvalue weighted by Gasteiger charge is 2.45. The summed E-state index contributed by atoms with van der Waals surface area (Å²) < 4.78 is 0. The van der Waals surface area contributed by atoms with E-state index < -0.39 is 18.6 Å². The van der Waals surface area contributed by atoms with E-state index in [0.29, 0.717) is 36.5 Å². The topological polar surface area (TPSA) is 136 Å². The van der Waals surface area contributed by atoms with Gasteiger partial charge in [-0.3, -0.25) is 4.79 Å². The minimum atomic E-state index is -1.45. The van der Waals surface area contributed by atoms with Gasteiger partial charge < -0.3 is 31.1 Å². The number of nitrogens with one attached hydrogen (secondary N) is 1. The maximum atomic E-state index is 12.4. The summed E-state index contributed by atoms with van der Waals surface area (Å²) in [4.78, 5) is 25.8. The van der Waals surface area contributed by atoms with Gasteiger partial charge in [-0.15, -0.1) is 0 Å². The number of hydrogen-bond acceptors (Lipinski definition) is 5. The molecule has 1 fully saturated rings. The molecule has 1 aliphatic heterocycles. The number of rotatable bonds is 8. The fraction of sp³-hybridized carbons (Fsp3) is 0.529. The highest BCUT2D eigenvalue weighted by Crippen LogP contribution is 2.31. The summed E-state index contributed by atoms with van der Waals surface area (Å²) in [5.41, 5.74) is 5.35. The van der Waals surface area contributed by atoms with Crippen molar-refractivity contribution >= 4 is 36.4 Å². The van der Waals surface area contributed by atoms with Gasteiger partial charge in [-0.05, 0) is 43.4 Å². The normalized spacial score (nSPS) is 18.8. The van der Waals surface area contributed by atoms with Crippen molar-refractivity contribution in [2.75, 3.05) is 18.4 Å². The molecule has 10 heteroatoms. The van der Waals surface area contributed by atoms with Gasteiger partial charge in [-0.2, -0.15) is 0 Å². The Morgan fingerprint density at radius 3 is 2.56 bits per heavy atom. The Kier molecular flexibility index (Phi) is 7.49. The number of anilines is 1. The van der Waals surface area contributed by atoms with E-state index in [1.54, 1.807) is 29.2 Å². The van der Waals surface area contributed by atoms with Crippen molar-refractivity contribution in [1.29, 1.82) is 0 Å². The van der Waals surface area contributed by atoms with Crippen LogP contribution in [0.5, 0.6) is 0 Å². The summed E-state index contributed by atoms with van der Waals surface area (Å²) in [6.45, 7) is 0.677. The Morgan fingerprint density at radius 1 is 1.30 bits per heavy atom. The molecule has 0 bridgehead atoms. The van der Waals surface area contributed by atoms with E-state index in [9.17, 15) is 14.7 Å². The smallest absolute Gasteiger partial charge is 0.451 e. The summed E-state index contributed by atoms with van der Waals surface area (Å²) in [5, 5.41) is 30.7. The van der Waals surface area contributed by atoms with Crippen LogP contribution in [0.15, 0.2) is 24.3 Å². The zero-order valence-electron chi connectivity index (χ0n) is 15.0. The van der Waals surface area contributed by atoms with Gasteiger partial charge in [-0.1, -0.05) is 24.4 Å². The monoisotopic (exact) mass is 397 g/mol. The Labute approximate surface area is 163 Å². The lowest BCUT2D eigenvalue weighted by Crippen LogP contribution is -2.55. The molecule has 2 atom stereocenters. The van der Waals surface area contributed by atoms with Crippen LogP contribution < -0.4 is 11.1 Å².